The number of pyridine rings is 1. The summed E-state index contributed by atoms with van der Waals surface area (Å²) in [4.78, 5) is 18.6. The van der Waals surface area contributed by atoms with Crippen molar-refractivity contribution in [1.82, 2.24) is 20.5 Å². The number of H-pyrrole nitrogens is 1. The van der Waals surface area contributed by atoms with Crippen LogP contribution in [0.15, 0.2) is 54.9 Å². The van der Waals surface area contributed by atoms with Gasteiger partial charge in [-0.3, -0.25) is 14.9 Å². The minimum absolute atomic E-state index is 0.0109. The first-order chi connectivity index (χ1) is 13.7. The van der Waals surface area contributed by atoms with Crippen LogP contribution in [0, 0.1) is 12.8 Å². The Morgan fingerprint density at radius 3 is 2.57 bits per heavy atom. The Kier molecular flexibility index (Phi) is 5.37. The van der Waals surface area contributed by atoms with Gasteiger partial charge < -0.3 is 10.2 Å². The number of piperidine rings is 1. The topological polar surface area (TPSA) is 73.9 Å². The smallest absolute Gasteiger partial charge is 0.251 e. The van der Waals surface area contributed by atoms with E-state index in [1.54, 1.807) is 12.4 Å². The molecule has 0 bridgehead atoms. The maximum atomic E-state index is 12.3. The van der Waals surface area contributed by atoms with Gasteiger partial charge in [0.25, 0.3) is 5.91 Å². The van der Waals surface area contributed by atoms with Crippen molar-refractivity contribution in [1.29, 1.82) is 0 Å². The minimum Gasteiger partial charge on any atom is -0.355 e. The van der Waals surface area contributed by atoms with E-state index in [9.17, 15) is 4.79 Å². The predicted octanol–water partition coefficient (Wildman–Crippen LogP) is 3.43. The average Bonchev–Trinajstić information content (AvgIpc) is 3.24. The van der Waals surface area contributed by atoms with Crippen LogP contribution in [0.5, 0.6) is 0 Å². The van der Waals surface area contributed by atoms with E-state index in [1.807, 2.05) is 43.3 Å². The average molecular weight is 375 g/mol. The third-order valence-corrected chi connectivity index (χ3v) is 5.36. The number of anilines is 1. The van der Waals surface area contributed by atoms with Crippen LogP contribution < -0.4 is 10.2 Å². The number of rotatable bonds is 5. The first-order valence-electron chi connectivity index (χ1n) is 9.74. The summed E-state index contributed by atoms with van der Waals surface area (Å²) in [5.41, 5.74) is 3.98. The van der Waals surface area contributed by atoms with Crippen LogP contribution >= 0.6 is 0 Å². The summed E-state index contributed by atoms with van der Waals surface area (Å²) >= 11 is 0. The molecule has 3 heterocycles. The SMILES string of the molecule is Cc1ccc(C(=O)NCC2CCN(c3cc(-c4ccncc4)[nH]n3)CC2)cc1. The van der Waals surface area contributed by atoms with Crippen LogP contribution in [-0.4, -0.2) is 40.7 Å². The molecule has 1 aliphatic heterocycles. The molecule has 6 nitrogen and oxygen atoms in total. The zero-order valence-electron chi connectivity index (χ0n) is 16.1. The van der Waals surface area contributed by atoms with E-state index in [2.05, 4.69) is 31.5 Å². The zero-order valence-corrected chi connectivity index (χ0v) is 16.1. The summed E-state index contributed by atoms with van der Waals surface area (Å²) in [5, 5.41) is 10.7. The molecule has 28 heavy (non-hydrogen) atoms. The van der Waals surface area contributed by atoms with Crippen molar-refractivity contribution in [3.05, 3.63) is 66.0 Å². The van der Waals surface area contributed by atoms with Gasteiger partial charge in [-0.2, -0.15) is 5.10 Å². The van der Waals surface area contributed by atoms with Crippen molar-refractivity contribution in [3.8, 4) is 11.3 Å². The van der Waals surface area contributed by atoms with Gasteiger partial charge in [-0.05, 0) is 49.9 Å². The van der Waals surface area contributed by atoms with Gasteiger partial charge in [0.1, 0.15) is 0 Å². The number of hydrogen-bond donors (Lipinski definition) is 2. The third kappa shape index (κ3) is 4.22. The molecule has 0 radical (unpaired) electrons. The highest BCUT2D eigenvalue weighted by molar-refractivity contribution is 5.94. The van der Waals surface area contributed by atoms with E-state index in [1.165, 1.54) is 0 Å². The van der Waals surface area contributed by atoms with Gasteiger partial charge in [0.15, 0.2) is 5.82 Å². The van der Waals surface area contributed by atoms with Crippen LogP contribution in [0.4, 0.5) is 5.82 Å². The fraction of sp³-hybridized carbons (Fsp3) is 0.318. The molecule has 1 saturated heterocycles. The van der Waals surface area contributed by atoms with E-state index in [-0.39, 0.29) is 5.91 Å². The molecule has 0 unspecified atom stereocenters. The standard InChI is InChI=1S/C22H25N5O/c1-16-2-4-19(5-3-16)22(28)24-15-17-8-12-27(13-9-17)21-14-20(25-26-21)18-6-10-23-11-7-18/h2-7,10-11,14,17H,8-9,12-13,15H2,1H3,(H,24,28)(H,25,26). The van der Waals surface area contributed by atoms with Gasteiger partial charge in [-0.25, -0.2) is 0 Å². The van der Waals surface area contributed by atoms with Crippen LogP contribution in [0.1, 0.15) is 28.8 Å². The number of benzene rings is 1. The van der Waals surface area contributed by atoms with Crippen molar-refractivity contribution in [2.24, 2.45) is 5.92 Å². The van der Waals surface area contributed by atoms with Gasteiger partial charge in [0, 0.05) is 49.2 Å². The van der Waals surface area contributed by atoms with Crippen LogP contribution in [0.25, 0.3) is 11.3 Å². The molecular weight excluding hydrogens is 350 g/mol. The molecule has 144 valence electrons. The van der Waals surface area contributed by atoms with Crippen molar-refractivity contribution < 1.29 is 4.79 Å². The first kappa shape index (κ1) is 18.2. The number of nitrogens with zero attached hydrogens (tertiary/aromatic N) is 3. The molecule has 1 aliphatic rings. The highest BCUT2D eigenvalue weighted by Crippen LogP contribution is 2.25. The number of hydrogen-bond acceptors (Lipinski definition) is 4. The van der Waals surface area contributed by atoms with E-state index in [0.717, 1.165) is 60.7 Å². The summed E-state index contributed by atoms with van der Waals surface area (Å²) in [7, 11) is 0. The molecule has 2 aromatic heterocycles. The molecule has 6 heteroatoms. The molecule has 0 aliphatic carbocycles. The van der Waals surface area contributed by atoms with Gasteiger partial charge in [0.2, 0.25) is 0 Å². The lowest BCUT2D eigenvalue weighted by molar-refractivity contribution is 0.0945. The molecule has 0 saturated carbocycles. The second-order valence-corrected chi connectivity index (χ2v) is 7.38. The Balaban J connectivity index is 1.27. The summed E-state index contributed by atoms with van der Waals surface area (Å²) in [6, 6.07) is 13.7. The maximum absolute atomic E-state index is 12.3. The van der Waals surface area contributed by atoms with Crippen molar-refractivity contribution in [2.75, 3.05) is 24.5 Å². The van der Waals surface area contributed by atoms with E-state index in [0.29, 0.717) is 5.92 Å². The molecule has 3 aromatic rings. The van der Waals surface area contributed by atoms with Gasteiger partial charge in [-0.1, -0.05) is 17.7 Å². The minimum atomic E-state index is 0.0109. The van der Waals surface area contributed by atoms with Gasteiger partial charge >= 0.3 is 0 Å². The zero-order chi connectivity index (χ0) is 19.3. The van der Waals surface area contributed by atoms with Crippen LogP contribution in [0.2, 0.25) is 0 Å². The fourth-order valence-corrected chi connectivity index (χ4v) is 3.56. The molecule has 1 aromatic carbocycles. The lowest BCUT2D eigenvalue weighted by Crippen LogP contribution is -2.38. The molecular formula is C22H25N5O. The number of nitrogens with one attached hydrogen (secondary N) is 2. The molecule has 4 rings (SSSR count). The lowest BCUT2D eigenvalue weighted by atomic mass is 9.96. The molecule has 0 atom stereocenters. The number of amides is 1. The van der Waals surface area contributed by atoms with Crippen molar-refractivity contribution in [3.63, 3.8) is 0 Å². The van der Waals surface area contributed by atoms with E-state index in [4.69, 9.17) is 0 Å². The van der Waals surface area contributed by atoms with Gasteiger partial charge in [0.05, 0.1) is 5.69 Å². The Labute approximate surface area is 165 Å². The Hall–Kier alpha value is -3.15. The Morgan fingerprint density at radius 2 is 1.86 bits per heavy atom. The van der Waals surface area contributed by atoms with E-state index >= 15 is 0 Å². The lowest BCUT2D eigenvalue weighted by Gasteiger charge is -2.32. The summed E-state index contributed by atoms with van der Waals surface area (Å²) < 4.78 is 0. The number of aryl methyl sites for hydroxylation is 1. The maximum Gasteiger partial charge on any atom is 0.251 e. The number of aromatic amines is 1. The van der Waals surface area contributed by atoms with Gasteiger partial charge in [-0.15, -0.1) is 0 Å². The predicted molar refractivity (Wildman–Crippen MR) is 110 cm³/mol. The largest absolute Gasteiger partial charge is 0.355 e. The molecule has 1 fully saturated rings. The molecule has 2 N–H and O–H groups in total. The number of carbonyl (C=O) groups excluding carboxylic acids is 1. The molecule has 0 spiro atoms. The van der Waals surface area contributed by atoms with Crippen molar-refractivity contribution in [2.45, 2.75) is 19.8 Å². The summed E-state index contributed by atoms with van der Waals surface area (Å²) in [5.74, 6) is 1.50. The highest BCUT2D eigenvalue weighted by atomic mass is 16.1. The Morgan fingerprint density at radius 1 is 1.14 bits per heavy atom. The number of carbonyl (C=O) groups is 1. The van der Waals surface area contributed by atoms with Crippen molar-refractivity contribution >= 4 is 11.7 Å². The summed E-state index contributed by atoms with van der Waals surface area (Å²) in [6.45, 7) is 4.65. The quantitative estimate of drug-likeness (QED) is 0.717. The van der Waals surface area contributed by atoms with Crippen LogP contribution in [0.3, 0.4) is 0 Å². The highest BCUT2D eigenvalue weighted by Gasteiger charge is 2.21. The summed E-state index contributed by atoms with van der Waals surface area (Å²) in [6.07, 6.45) is 5.66. The third-order valence-electron chi connectivity index (χ3n) is 5.36. The normalized spacial score (nSPS) is 14.8. The fourth-order valence-electron chi connectivity index (χ4n) is 3.56. The van der Waals surface area contributed by atoms with E-state index < -0.39 is 0 Å². The van der Waals surface area contributed by atoms with Crippen LogP contribution in [-0.2, 0) is 0 Å². The second kappa shape index (κ2) is 8.25. The Bertz CT molecular complexity index is 912. The number of aromatic nitrogens is 3. The molecule has 1 amide bonds. The monoisotopic (exact) mass is 375 g/mol. The second-order valence-electron chi connectivity index (χ2n) is 7.38. The first-order valence-corrected chi connectivity index (χ1v) is 9.74.